The van der Waals surface area contributed by atoms with Gasteiger partial charge in [0.05, 0.1) is 11.0 Å². The van der Waals surface area contributed by atoms with Crippen molar-refractivity contribution in [3.8, 4) is 0 Å². The summed E-state index contributed by atoms with van der Waals surface area (Å²) < 4.78 is 0. The van der Waals surface area contributed by atoms with E-state index in [1.807, 2.05) is 0 Å². The number of hydrogen-bond acceptors (Lipinski definition) is 5. The van der Waals surface area contributed by atoms with Crippen molar-refractivity contribution >= 4 is 11.5 Å². The average molecular weight is 265 g/mol. The van der Waals surface area contributed by atoms with Gasteiger partial charge in [-0.15, -0.1) is 0 Å². The Morgan fingerprint density at radius 3 is 2.95 bits per heavy atom. The number of nitrogens with one attached hydrogen (secondary N) is 1. The number of pyridine rings is 1. The maximum atomic E-state index is 10.9. The lowest BCUT2D eigenvalue weighted by molar-refractivity contribution is -0.385. The second-order valence-corrected chi connectivity index (χ2v) is 5.09. The largest absolute Gasteiger partial charge is 0.396 e. The quantitative estimate of drug-likeness (QED) is 0.644. The number of aromatic nitrogens is 1. The highest BCUT2D eigenvalue weighted by molar-refractivity contribution is 5.49. The summed E-state index contributed by atoms with van der Waals surface area (Å²) in [7, 11) is 0. The van der Waals surface area contributed by atoms with E-state index in [1.54, 1.807) is 6.92 Å². The molecule has 0 saturated heterocycles. The molecular weight excluding hydrogens is 246 g/mol. The number of nitro groups is 1. The van der Waals surface area contributed by atoms with Crippen LogP contribution in [0.2, 0.25) is 0 Å². The van der Waals surface area contributed by atoms with Gasteiger partial charge in [-0.05, 0) is 19.8 Å². The first-order valence-electron chi connectivity index (χ1n) is 6.60. The molecule has 1 aromatic heterocycles. The number of aliphatic hydroxyl groups is 1. The van der Waals surface area contributed by atoms with Gasteiger partial charge < -0.3 is 10.4 Å². The van der Waals surface area contributed by atoms with E-state index in [2.05, 4.69) is 10.3 Å². The zero-order valence-electron chi connectivity index (χ0n) is 11.0. The fourth-order valence-electron chi connectivity index (χ4n) is 2.59. The first kappa shape index (κ1) is 13.7. The van der Waals surface area contributed by atoms with Crippen LogP contribution >= 0.6 is 0 Å². The Morgan fingerprint density at radius 2 is 2.26 bits per heavy atom. The summed E-state index contributed by atoms with van der Waals surface area (Å²) in [4.78, 5) is 14.7. The molecule has 0 amide bonds. The van der Waals surface area contributed by atoms with Crippen LogP contribution in [0.1, 0.15) is 31.2 Å². The Balaban J connectivity index is 2.14. The smallest absolute Gasteiger partial charge is 0.277 e. The fourth-order valence-corrected chi connectivity index (χ4v) is 2.59. The van der Waals surface area contributed by atoms with Gasteiger partial charge >= 0.3 is 0 Å². The van der Waals surface area contributed by atoms with Gasteiger partial charge in [-0.2, -0.15) is 0 Å². The van der Waals surface area contributed by atoms with Crippen molar-refractivity contribution in [3.05, 3.63) is 27.9 Å². The summed E-state index contributed by atoms with van der Waals surface area (Å²) in [6.07, 6.45) is 5.71. The number of rotatable bonds is 4. The van der Waals surface area contributed by atoms with Gasteiger partial charge in [0.15, 0.2) is 0 Å². The minimum Gasteiger partial charge on any atom is -0.396 e. The van der Waals surface area contributed by atoms with Crippen LogP contribution in [0.3, 0.4) is 0 Å². The van der Waals surface area contributed by atoms with Gasteiger partial charge in [0.25, 0.3) is 5.69 Å². The van der Waals surface area contributed by atoms with Gasteiger partial charge in [0.1, 0.15) is 5.82 Å². The Morgan fingerprint density at radius 1 is 1.53 bits per heavy atom. The lowest BCUT2D eigenvalue weighted by Crippen LogP contribution is -2.34. The van der Waals surface area contributed by atoms with Crippen LogP contribution in [-0.2, 0) is 0 Å². The van der Waals surface area contributed by atoms with Crippen LogP contribution in [0.5, 0.6) is 0 Å². The van der Waals surface area contributed by atoms with E-state index in [1.165, 1.54) is 12.3 Å². The Hall–Kier alpha value is -1.69. The standard InChI is InChI=1S/C13H19N3O3/c1-9-7-14-13(6-12(9)16(18)19)15-11-5-3-2-4-10(11)8-17/h6-7,10-11,17H,2-5,8H2,1H3,(H,14,15). The van der Waals surface area contributed by atoms with Crippen LogP contribution in [0.25, 0.3) is 0 Å². The van der Waals surface area contributed by atoms with Gasteiger partial charge in [0, 0.05) is 30.3 Å². The molecule has 2 atom stereocenters. The molecule has 2 unspecified atom stereocenters. The second-order valence-electron chi connectivity index (χ2n) is 5.09. The van der Waals surface area contributed by atoms with Gasteiger partial charge in [-0.25, -0.2) is 4.98 Å². The Kier molecular flexibility index (Phi) is 4.31. The summed E-state index contributed by atoms with van der Waals surface area (Å²) in [6, 6.07) is 1.62. The minimum absolute atomic E-state index is 0.0776. The molecule has 1 aliphatic rings. The third-order valence-electron chi connectivity index (χ3n) is 3.75. The summed E-state index contributed by atoms with van der Waals surface area (Å²) in [6.45, 7) is 1.82. The summed E-state index contributed by atoms with van der Waals surface area (Å²) in [5.74, 6) is 0.721. The van der Waals surface area contributed by atoms with Crippen LogP contribution in [-0.4, -0.2) is 27.7 Å². The van der Waals surface area contributed by atoms with E-state index >= 15 is 0 Å². The summed E-state index contributed by atoms with van der Waals surface area (Å²) in [5, 5.41) is 23.5. The fraction of sp³-hybridized carbons (Fsp3) is 0.615. The molecule has 2 N–H and O–H groups in total. The lowest BCUT2D eigenvalue weighted by atomic mass is 9.85. The van der Waals surface area contributed by atoms with Crippen molar-refractivity contribution in [1.29, 1.82) is 0 Å². The highest BCUT2D eigenvalue weighted by atomic mass is 16.6. The number of aliphatic hydroxyl groups excluding tert-OH is 1. The number of hydrogen-bond donors (Lipinski definition) is 2. The molecule has 1 aliphatic carbocycles. The molecule has 0 spiro atoms. The van der Waals surface area contributed by atoms with Gasteiger partial charge in [0.2, 0.25) is 0 Å². The molecule has 1 aromatic rings. The third kappa shape index (κ3) is 3.20. The molecule has 104 valence electrons. The van der Waals surface area contributed by atoms with Crippen molar-refractivity contribution in [3.63, 3.8) is 0 Å². The van der Waals surface area contributed by atoms with E-state index in [0.717, 1.165) is 25.7 Å². The zero-order chi connectivity index (χ0) is 13.8. The molecule has 6 heteroatoms. The molecule has 1 heterocycles. The maximum Gasteiger partial charge on any atom is 0.277 e. The van der Waals surface area contributed by atoms with E-state index in [9.17, 15) is 15.2 Å². The molecule has 1 saturated carbocycles. The van der Waals surface area contributed by atoms with Crippen molar-refractivity contribution < 1.29 is 10.0 Å². The summed E-state index contributed by atoms with van der Waals surface area (Å²) in [5.41, 5.74) is 0.631. The topological polar surface area (TPSA) is 88.3 Å². The number of nitrogens with zero attached hydrogens (tertiary/aromatic N) is 2. The molecule has 0 aromatic carbocycles. The molecule has 0 radical (unpaired) electrons. The van der Waals surface area contributed by atoms with Crippen LogP contribution in [0.4, 0.5) is 11.5 Å². The molecule has 19 heavy (non-hydrogen) atoms. The molecule has 6 nitrogen and oxygen atoms in total. The van der Waals surface area contributed by atoms with Crippen molar-refractivity contribution in [2.45, 2.75) is 38.6 Å². The van der Waals surface area contributed by atoms with Crippen molar-refractivity contribution in [2.24, 2.45) is 5.92 Å². The average Bonchev–Trinajstić information content (AvgIpc) is 2.41. The number of aryl methyl sites for hydroxylation is 1. The van der Waals surface area contributed by atoms with E-state index in [-0.39, 0.29) is 24.3 Å². The minimum atomic E-state index is -0.396. The van der Waals surface area contributed by atoms with Crippen molar-refractivity contribution in [2.75, 3.05) is 11.9 Å². The van der Waals surface area contributed by atoms with Crippen LogP contribution in [0.15, 0.2) is 12.3 Å². The van der Waals surface area contributed by atoms with Crippen LogP contribution in [0, 0.1) is 23.0 Å². The molecular formula is C13H19N3O3. The van der Waals surface area contributed by atoms with Gasteiger partial charge in [-0.1, -0.05) is 12.8 Å². The lowest BCUT2D eigenvalue weighted by Gasteiger charge is -2.31. The van der Waals surface area contributed by atoms with E-state index < -0.39 is 4.92 Å². The highest BCUT2D eigenvalue weighted by Crippen LogP contribution is 2.28. The predicted octanol–water partition coefficient (Wildman–Crippen LogP) is 2.26. The van der Waals surface area contributed by atoms with Gasteiger partial charge in [-0.3, -0.25) is 10.1 Å². The SMILES string of the molecule is Cc1cnc(NC2CCCCC2CO)cc1[N+](=O)[O-]. The maximum absolute atomic E-state index is 10.9. The molecule has 0 bridgehead atoms. The first-order valence-corrected chi connectivity index (χ1v) is 6.60. The molecule has 2 rings (SSSR count). The first-order chi connectivity index (χ1) is 9.11. The predicted molar refractivity (Wildman–Crippen MR) is 72.1 cm³/mol. The highest BCUT2D eigenvalue weighted by Gasteiger charge is 2.25. The third-order valence-corrected chi connectivity index (χ3v) is 3.75. The zero-order valence-corrected chi connectivity index (χ0v) is 11.0. The molecule has 1 fully saturated rings. The van der Waals surface area contributed by atoms with Crippen LogP contribution < -0.4 is 5.32 Å². The normalized spacial score (nSPS) is 23.1. The summed E-state index contributed by atoms with van der Waals surface area (Å²) >= 11 is 0. The van der Waals surface area contributed by atoms with E-state index in [0.29, 0.717) is 11.4 Å². The van der Waals surface area contributed by atoms with E-state index in [4.69, 9.17) is 0 Å². The van der Waals surface area contributed by atoms with Crippen molar-refractivity contribution in [1.82, 2.24) is 4.98 Å². The Labute approximate surface area is 112 Å². The molecule has 0 aliphatic heterocycles. The number of anilines is 1. The second kappa shape index (κ2) is 5.97. The Bertz CT molecular complexity index is 464. The monoisotopic (exact) mass is 265 g/mol.